The highest BCUT2D eigenvalue weighted by atomic mass is 15.2. The van der Waals surface area contributed by atoms with E-state index in [4.69, 9.17) is 0 Å². The Morgan fingerprint density at radius 2 is 1.67 bits per heavy atom. The van der Waals surface area contributed by atoms with Crippen LogP contribution in [-0.2, 0) is 0 Å². The molecule has 1 aromatic rings. The number of rotatable bonds is 6. The lowest BCUT2D eigenvalue weighted by molar-refractivity contribution is 0.821. The third-order valence-corrected chi connectivity index (χ3v) is 1.90. The van der Waals surface area contributed by atoms with Crippen molar-refractivity contribution < 1.29 is 0 Å². The Morgan fingerprint density at radius 3 is 2.27 bits per heavy atom. The zero-order valence-corrected chi connectivity index (χ0v) is 9.67. The summed E-state index contributed by atoms with van der Waals surface area (Å²) in [5.74, 6) is 2.04. The molecule has 0 aromatic carbocycles. The largest absolute Gasteiger partial charge is 0.354 e. The van der Waals surface area contributed by atoms with Gasteiger partial charge in [-0.15, -0.1) is 0 Å². The number of hydrogen-bond acceptors (Lipinski definition) is 5. The first-order valence-electron chi connectivity index (χ1n) is 5.46. The summed E-state index contributed by atoms with van der Waals surface area (Å²) in [5.41, 5.74) is 0. The molecule has 0 saturated heterocycles. The van der Waals surface area contributed by atoms with Gasteiger partial charge in [0.15, 0.2) is 0 Å². The SMILES string of the molecule is CCCCNc1nc(C)nc(NCC)n1. The summed E-state index contributed by atoms with van der Waals surface area (Å²) in [6, 6.07) is 0. The Balaban J connectivity index is 2.62. The topological polar surface area (TPSA) is 62.7 Å². The van der Waals surface area contributed by atoms with E-state index in [0.29, 0.717) is 11.9 Å². The van der Waals surface area contributed by atoms with E-state index >= 15 is 0 Å². The van der Waals surface area contributed by atoms with Gasteiger partial charge in [-0.3, -0.25) is 0 Å². The highest BCUT2D eigenvalue weighted by Crippen LogP contribution is 2.04. The fraction of sp³-hybridized carbons (Fsp3) is 0.700. The van der Waals surface area contributed by atoms with E-state index in [2.05, 4.69) is 32.5 Å². The molecule has 1 heterocycles. The minimum absolute atomic E-state index is 0.643. The number of aryl methyl sites for hydroxylation is 1. The van der Waals surface area contributed by atoms with E-state index < -0.39 is 0 Å². The van der Waals surface area contributed by atoms with Gasteiger partial charge in [-0.25, -0.2) is 0 Å². The number of hydrogen-bond donors (Lipinski definition) is 2. The molecule has 15 heavy (non-hydrogen) atoms. The minimum atomic E-state index is 0.643. The van der Waals surface area contributed by atoms with Crippen LogP contribution in [0.2, 0.25) is 0 Å². The number of unbranched alkanes of at least 4 members (excludes halogenated alkanes) is 1. The molecule has 1 rings (SSSR count). The predicted octanol–water partition coefficient (Wildman–Crippen LogP) is 1.82. The molecule has 0 amide bonds. The molecule has 5 nitrogen and oxygen atoms in total. The molecular weight excluding hydrogens is 190 g/mol. The quantitative estimate of drug-likeness (QED) is 0.700. The summed E-state index contributed by atoms with van der Waals surface area (Å²) >= 11 is 0. The highest BCUT2D eigenvalue weighted by molar-refractivity contribution is 5.33. The van der Waals surface area contributed by atoms with Crippen LogP contribution in [0.25, 0.3) is 0 Å². The average Bonchev–Trinajstić information content (AvgIpc) is 2.18. The first-order valence-corrected chi connectivity index (χ1v) is 5.46. The Labute approximate surface area is 90.7 Å². The lowest BCUT2D eigenvalue weighted by Gasteiger charge is -2.07. The van der Waals surface area contributed by atoms with Gasteiger partial charge in [-0.1, -0.05) is 13.3 Å². The summed E-state index contributed by atoms with van der Waals surface area (Å²) in [5, 5.41) is 6.26. The monoisotopic (exact) mass is 209 g/mol. The lowest BCUT2D eigenvalue weighted by atomic mass is 10.3. The Hall–Kier alpha value is -1.39. The summed E-state index contributed by atoms with van der Waals surface area (Å²) in [7, 11) is 0. The number of nitrogens with one attached hydrogen (secondary N) is 2. The fourth-order valence-corrected chi connectivity index (χ4v) is 1.18. The van der Waals surface area contributed by atoms with E-state index in [-0.39, 0.29) is 0 Å². The van der Waals surface area contributed by atoms with Crippen molar-refractivity contribution >= 4 is 11.9 Å². The van der Waals surface area contributed by atoms with Crippen LogP contribution in [-0.4, -0.2) is 28.0 Å². The van der Waals surface area contributed by atoms with Gasteiger partial charge in [0, 0.05) is 13.1 Å². The second-order valence-electron chi connectivity index (χ2n) is 3.34. The Bertz CT molecular complexity index is 300. The third-order valence-electron chi connectivity index (χ3n) is 1.90. The molecule has 0 radical (unpaired) electrons. The molecule has 0 saturated carbocycles. The maximum Gasteiger partial charge on any atom is 0.227 e. The summed E-state index contributed by atoms with van der Waals surface area (Å²) in [6.45, 7) is 7.77. The van der Waals surface area contributed by atoms with Gasteiger partial charge in [0.25, 0.3) is 0 Å². The van der Waals surface area contributed by atoms with Gasteiger partial charge in [-0.2, -0.15) is 15.0 Å². The van der Waals surface area contributed by atoms with E-state index in [9.17, 15) is 0 Å². The van der Waals surface area contributed by atoms with Crippen LogP contribution in [0.15, 0.2) is 0 Å². The first kappa shape index (κ1) is 11.7. The molecule has 0 unspecified atom stereocenters. The molecule has 1 aromatic heterocycles. The third kappa shape index (κ3) is 4.10. The molecule has 0 spiro atoms. The fourth-order valence-electron chi connectivity index (χ4n) is 1.18. The minimum Gasteiger partial charge on any atom is -0.354 e. The van der Waals surface area contributed by atoms with Crippen molar-refractivity contribution in [1.82, 2.24) is 15.0 Å². The molecular formula is C10H19N5. The Kier molecular flexibility index (Phi) is 4.80. The van der Waals surface area contributed by atoms with Crippen molar-refractivity contribution in [3.63, 3.8) is 0 Å². The van der Waals surface area contributed by atoms with E-state index in [1.54, 1.807) is 0 Å². The van der Waals surface area contributed by atoms with Crippen molar-refractivity contribution in [3.05, 3.63) is 5.82 Å². The van der Waals surface area contributed by atoms with Crippen LogP contribution in [0.1, 0.15) is 32.5 Å². The highest BCUT2D eigenvalue weighted by Gasteiger charge is 2.01. The zero-order valence-electron chi connectivity index (χ0n) is 9.67. The first-order chi connectivity index (χ1) is 7.26. The standard InChI is InChI=1S/C10H19N5/c1-4-6-7-12-10-14-8(3)13-9(15-10)11-5-2/h4-7H2,1-3H3,(H2,11,12,13,14,15). The van der Waals surface area contributed by atoms with E-state index in [1.807, 2.05) is 13.8 Å². The van der Waals surface area contributed by atoms with Crippen LogP contribution >= 0.6 is 0 Å². The van der Waals surface area contributed by atoms with Crippen molar-refractivity contribution in [2.75, 3.05) is 23.7 Å². The molecule has 0 aliphatic rings. The molecule has 84 valence electrons. The van der Waals surface area contributed by atoms with Gasteiger partial charge in [-0.05, 0) is 20.3 Å². The zero-order chi connectivity index (χ0) is 11.1. The van der Waals surface area contributed by atoms with Gasteiger partial charge >= 0.3 is 0 Å². The Morgan fingerprint density at radius 1 is 1.00 bits per heavy atom. The summed E-state index contributed by atoms with van der Waals surface area (Å²) in [6.07, 6.45) is 2.29. The van der Waals surface area contributed by atoms with E-state index in [1.165, 1.54) is 0 Å². The van der Waals surface area contributed by atoms with Crippen molar-refractivity contribution in [2.24, 2.45) is 0 Å². The van der Waals surface area contributed by atoms with Crippen LogP contribution < -0.4 is 10.6 Å². The smallest absolute Gasteiger partial charge is 0.227 e. The summed E-state index contributed by atoms with van der Waals surface area (Å²) < 4.78 is 0. The second-order valence-corrected chi connectivity index (χ2v) is 3.34. The molecule has 0 fully saturated rings. The lowest BCUT2D eigenvalue weighted by Crippen LogP contribution is -2.10. The van der Waals surface area contributed by atoms with Crippen molar-refractivity contribution in [1.29, 1.82) is 0 Å². The van der Waals surface area contributed by atoms with Crippen LogP contribution in [0.5, 0.6) is 0 Å². The summed E-state index contributed by atoms with van der Waals surface area (Å²) in [4.78, 5) is 12.6. The van der Waals surface area contributed by atoms with Crippen LogP contribution in [0.4, 0.5) is 11.9 Å². The molecule has 0 aliphatic carbocycles. The average molecular weight is 209 g/mol. The normalized spacial score (nSPS) is 10.1. The second kappa shape index (κ2) is 6.16. The van der Waals surface area contributed by atoms with Crippen molar-refractivity contribution in [2.45, 2.75) is 33.6 Å². The predicted molar refractivity (Wildman–Crippen MR) is 62.1 cm³/mol. The number of nitrogens with zero attached hydrogens (tertiary/aromatic N) is 3. The maximum atomic E-state index is 4.25. The molecule has 0 atom stereocenters. The number of aromatic nitrogens is 3. The molecule has 2 N–H and O–H groups in total. The van der Waals surface area contributed by atoms with E-state index in [0.717, 1.165) is 31.8 Å². The number of anilines is 2. The van der Waals surface area contributed by atoms with Crippen molar-refractivity contribution in [3.8, 4) is 0 Å². The van der Waals surface area contributed by atoms with Crippen LogP contribution in [0, 0.1) is 6.92 Å². The molecule has 5 heteroatoms. The van der Waals surface area contributed by atoms with Gasteiger partial charge in [0.1, 0.15) is 5.82 Å². The maximum absolute atomic E-state index is 4.25. The van der Waals surface area contributed by atoms with Gasteiger partial charge < -0.3 is 10.6 Å². The van der Waals surface area contributed by atoms with Gasteiger partial charge in [0.2, 0.25) is 11.9 Å². The molecule has 0 bridgehead atoms. The van der Waals surface area contributed by atoms with Crippen LogP contribution in [0.3, 0.4) is 0 Å². The molecule has 0 aliphatic heterocycles. The van der Waals surface area contributed by atoms with Gasteiger partial charge in [0.05, 0.1) is 0 Å².